The molecule has 15 heavy (non-hydrogen) atoms. The third-order valence-electron chi connectivity index (χ3n) is 2.16. The standard InChI is InChI=1S/C10H10N2O3/c11-8-3-1-7(2-4-8)5-12-9(13)6-15-10(12)14/h1-4H,5-6,11H2. The zero-order chi connectivity index (χ0) is 10.8. The van der Waals surface area contributed by atoms with Crippen LogP contribution in [-0.2, 0) is 16.1 Å². The molecular formula is C10H10N2O3. The minimum Gasteiger partial charge on any atom is -0.439 e. The second kappa shape index (κ2) is 3.61. The van der Waals surface area contributed by atoms with Gasteiger partial charge in [-0.25, -0.2) is 9.69 Å². The molecule has 1 saturated heterocycles. The van der Waals surface area contributed by atoms with Crippen LogP contribution in [0.25, 0.3) is 0 Å². The lowest BCUT2D eigenvalue weighted by Crippen LogP contribution is -2.28. The van der Waals surface area contributed by atoms with Gasteiger partial charge in [-0.15, -0.1) is 0 Å². The number of nitrogens with two attached hydrogens (primary N) is 1. The summed E-state index contributed by atoms with van der Waals surface area (Å²) in [6.07, 6.45) is -0.586. The molecule has 0 aromatic heterocycles. The second-order valence-corrected chi connectivity index (χ2v) is 3.28. The summed E-state index contributed by atoms with van der Waals surface area (Å²) in [5.74, 6) is -0.308. The Bertz CT molecular complexity index is 384. The zero-order valence-corrected chi connectivity index (χ0v) is 7.97. The molecule has 0 atom stereocenters. The van der Waals surface area contributed by atoms with Gasteiger partial charge in [0.25, 0.3) is 5.91 Å². The van der Waals surface area contributed by atoms with Crippen molar-refractivity contribution in [3.05, 3.63) is 29.8 Å². The van der Waals surface area contributed by atoms with Gasteiger partial charge >= 0.3 is 6.09 Å². The molecule has 1 fully saturated rings. The number of ether oxygens (including phenoxy) is 1. The van der Waals surface area contributed by atoms with Crippen LogP contribution in [0.5, 0.6) is 0 Å². The largest absolute Gasteiger partial charge is 0.439 e. The van der Waals surface area contributed by atoms with E-state index >= 15 is 0 Å². The Kier molecular flexibility index (Phi) is 2.29. The highest BCUT2D eigenvalue weighted by atomic mass is 16.6. The van der Waals surface area contributed by atoms with Gasteiger partial charge in [0.1, 0.15) is 0 Å². The average Bonchev–Trinajstić information content (AvgIpc) is 2.53. The molecule has 0 saturated carbocycles. The summed E-state index contributed by atoms with van der Waals surface area (Å²) in [6.45, 7) is 0.0752. The quantitative estimate of drug-likeness (QED) is 0.724. The van der Waals surface area contributed by atoms with Gasteiger partial charge in [-0.05, 0) is 17.7 Å². The molecule has 0 aliphatic carbocycles. The number of rotatable bonds is 2. The van der Waals surface area contributed by atoms with Crippen LogP contribution in [-0.4, -0.2) is 23.5 Å². The lowest BCUT2D eigenvalue weighted by Gasteiger charge is -2.10. The van der Waals surface area contributed by atoms with Crippen LogP contribution >= 0.6 is 0 Å². The Hall–Kier alpha value is -2.04. The van der Waals surface area contributed by atoms with Crippen molar-refractivity contribution >= 4 is 17.7 Å². The third-order valence-corrected chi connectivity index (χ3v) is 2.16. The van der Waals surface area contributed by atoms with E-state index in [-0.39, 0.29) is 19.1 Å². The fourth-order valence-electron chi connectivity index (χ4n) is 1.34. The molecule has 2 N–H and O–H groups in total. The summed E-state index contributed by atoms with van der Waals surface area (Å²) >= 11 is 0. The van der Waals surface area contributed by atoms with E-state index < -0.39 is 6.09 Å². The number of imide groups is 1. The fraction of sp³-hybridized carbons (Fsp3) is 0.200. The molecular weight excluding hydrogens is 196 g/mol. The van der Waals surface area contributed by atoms with E-state index in [2.05, 4.69) is 4.74 Å². The third kappa shape index (κ3) is 1.90. The maximum Gasteiger partial charge on any atom is 0.417 e. The summed E-state index contributed by atoms with van der Waals surface area (Å²) in [4.78, 5) is 23.4. The Morgan fingerprint density at radius 2 is 1.93 bits per heavy atom. The number of cyclic esters (lactones) is 1. The summed E-state index contributed by atoms with van der Waals surface area (Å²) in [5.41, 5.74) is 7.01. The molecule has 5 nitrogen and oxygen atoms in total. The lowest BCUT2D eigenvalue weighted by atomic mass is 10.2. The summed E-state index contributed by atoms with van der Waals surface area (Å²) in [7, 11) is 0. The van der Waals surface area contributed by atoms with E-state index in [0.717, 1.165) is 10.5 Å². The van der Waals surface area contributed by atoms with Gasteiger partial charge in [0.2, 0.25) is 0 Å². The molecule has 78 valence electrons. The Balaban J connectivity index is 2.11. The van der Waals surface area contributed by atoms with Crippen LogP contribution < -0.4 is 5.73 Å². The molecule has 1 heterocycles. The summed E-state index contributed by atoms with van der Waals surface area (Å²) in [6, 6.07) is 6.99. The van der Waals surface area contributed by atoms with E-state index in [9.17, 15) is 9.59 Å². The number of hydrogen-bond donors (Lipinski definition) is 1. The number of amides is 2. The highest BCUT2D eigenvalue weighted by Crippen LogP contribution is 2.12. The van der Waals surface area contributed by atoms with Crippen LogP contribution in [0, 0.1) is 0 Å². The van der Waals surface area contributed by atoms with Gasteiger partial charge in [0.15, 0.2) is 6.61 Å². The van der Waals surface area contributed by atoms with E-state index in [4.69, 9.17) is 5.73 Å². The van der Waals surface area contributed by atoms with Crippen molar-refractivity contribution in [1.29, 1.82) is 0 Å². The van der Waals surface area contributed by atoms with Crippen molar-refractivity contribution in [2.24, 2.45) is 0 Å². The summed E-state index contributed by atoms with van der Waals surface area (Å²) in [5, 5.41) is 0. The lowest BCUT2D eigenvalue weighted by molar-refractivity contribution is -0.126. The van der Waals surface area contributed by atoms with Crippen LogP contribution in [0.1, 0.15) is 5.56 Å². The Labute approximate surface area is 86.4 Å². The number of benzene rings is 1. The molecule has 0 bridgehead atoms. The number of anilines is 1. The first kappa shape index (κ1) is 9.51. The van der Waals surface area contributed by atoms with Gasteiger partial charge < -0.3 is 10.5 Å². The van der Waals surface area contributed by atoms with Crippen LogP contribution in [0.2, 0.25) is 0 Å². The molecule has 2 rings (SSSR count). The molecule has 2 amide bonds. The van der Waals surface area contributed by atoms with Crippen molar-refractivity contribution in [1.82, 2.24) is 4.90 Å². The predicted octanol–water partition coefficient (Wildman–Crippen LogP) is 0.748. The van der Waals surface area contributed by atoms with Gasteiger partial charge in [-0.3, -0.25) is 4.79 Å². The Morgan fingerprint density at radius 3 is 2.47 bits per heavy atom. The van der Waals surface area contributed by atoms with Gasteiger partial charge in [0, 0.05) is 5.69 Å². The van der Waals surface area contributed by atoms with Crippen LogP contribution in [0.4, 0.5) is 10.5 Å². The molecule has 1 aliphatic heterocycles. The van der Waals surface area contributed by atoms with Crippen molar-refractivity contribution in [2.75, 3.05) is 12.3 Å². The molecule has 1 aromatic carbocycles. The first-order chi connectivity index (χ1) is 7.16. The first-order valence-corrected chi connectivity index (χ1v) is 4.48. The van der Waals surface area contributed by atoms with Crippen LogP contribution in [0.3, 0.4) is 0 Å². The predicted molar refractivity (Wildman–Crippen MR) is 52.8 cm³/mol. The van der Waals surface area contributed by atoms with Crippen LogP contribution in [0.15, 0.2) is 24.3 Å². The fourth-order valence-corrected chi connectivity index (χ4v) is 1.34. The molecule has 0 unspecified atom stereocenters. The van der Waals surface area contributed by atoms with Crippen molar-refractivity contribution in [2.45, 2.75) is 6.54 Å². The molecule has 0 radical (unpaired) electrons. The molecule has 1 aliphatic rings. The Morgan fingerprint density at radius 1 is 1.27 bits per heavy atom. The SMILES string of the molecule is Nc1ccc(CN2C(=O)COC2=O)cc1. The average molecular weight is 206 g/mol. The number of nitrogens with zero attached hydrogens (tertiary/aromatic N) is 1. The van der Waals surface area contributed by atoms with E-state index in [1.54, 1.807) is 24.3 Å². The smallest absolute Gasteiger partial charge is 0.417 e. The minimum absolute atomic E-state index is 0.159. The van der Waals surface area contributed by atoms with Crippen molar-refractivity contribution < 1.29 is 14.3 Å². The van der Waals surface area contributed by atoms with Crippen molar-refractivity contribution in [3.8, 4) is 0 Å². The maximum atomic E-state index is 11.2. The number of hydrogen-bond acceptors (Lipinski definition) is 4. The summed E-state index contributed by atoms with van der Waals surface area (Å²) < 4.78 is 4.59. The topological polar surface area (TPSA) is 72.6 Å². The number of carbonyl (C=O) groups is 2. The van der Waals surface area contributed by atoms with E-state index in [1.165, 1.54) is 0 Å². The van der Waals surface area contributed by atoms with Gasteiger partial charge in [0.05, 0.1) is 6.54 Å². The highest BCUT2D eigenvalue weighted by molar-refractivity contribution is 5.97. The first-order valence-electron chi connectivity index (χ1n) is 4.48. The maximum absolute atomic E-state index is 11.2. The number of carbonyl (C=O) groups excluding carboxylic acids is 2. The molecule has 0 spiro atoms. The molecule has 1 aromatic rings. The van der Waals surface area contributed by atoms with Gasteiger partial charge in [-0.2, -0.15) is 0 Å². The highest BCUT2D eigenvalue weighted by Gasteiger charge is 2.30. The number of nitrogen functional groups attached to an aromatic ring is 1. The van der Waals surface area contributed by atoms with Gasteiger partial charge in [-0.1, -0.05) is 12.1 Å². The minimum atomic E-state index is -0.586. The molecule has 5 heteroatoms. The van der Waals surface area contributed by atoms with E-state index in [0.29, 0.717) is 5.69 Å². The monoisotopic (exact) mass is 206 g/mol. The zero-order valence-electron chi connectivity index (χ0n) is 7.97. The van der Waals surface area contributed by atoms with E-state index in [1.807, 2.05) is 0 Å². The normalized spacial score (nSPS) is 15.6. The second-order valence-electron chi connectivity index (χ2n) is 3.28. The van der Waals surface area contributed by atoms with Crippen molar-refractivity contribution in [3.63, 3.8) is 0 Å².